The van der Waals surface area contributed by atoms with Gasteiger partial charge in [-0.05, 0) is 48.8 Å². The molecule has 1 amide bonds. The zero-order valence-corrected chi connectivity index (χ0v) is 17.2. The summed E-state index contributed by atoms with van der Waals surface area (Å²) in [6.45, 7) is 3.33. The number of hydrogen-bond acceptors (Lipinski definition) is 3. The highest BCUT2D eigenvalue weighted by atomic mass is 79.9. The quantitative estimate of drug-likeness (QED) is 0.475. The summed E-state index contributed by atoms with van der Waals surface area (Å²) in [6, 6.07) is 15.5. The Morgan fingerprint density at radius 1 is 1.19 bits per heavy atom. The summed E-state index contributed by atoms with van der Waals surface area (Å²) in [6.07, 6.45) is 2.81. The predicted molar refractivity (Wildman–Crippen MR) is 113 cm³/mol. The Morgan fingerprint density at radius 2 is 1.96 bits per heavy atom. The Bertz CT molecular complexity index is 738. The van der Waals surface area contributed by atoms with Crippen molar-refractivity contribution in [3.05, 3.63) is 64.1 Å². The van der Waals surface area contributed by atoms with Gasteiger partial charge >= 0.3 is 0 Å². The van der Waals surface area contributed by atoms with Crippen LogP contribution in [0.15, 0.2) is 53.0 Å². The van der Waals surface area contributed by atoms with E-state index in [0.717, 1.165) is 23.7 Å². The van der Waals surface area contributed by atoms with Crippen LogP contribution in [0.1, 0.15) is 35.7 Å². The molecule has 138 valence electrons. The average molecular weight is 435 g/mol. The fourth-order valence-electron chi connectivity index (χ4n) is 2.31. The first kappa shape index (κ1) is 20.4. The smallest absolute Gasteiger partial charge is 0.261 e. The summed E-state index contributed by atoms with van der Waals surface area (Å²) in [5.41, 5.74) is 1.68. The van der Waals surface area contributed by atoms with Crippen molar-refractivity contribution < 1.29 is 9.53 Å². The molecule has 0 bridgehead atoms. The van der Waals surface area contributed by atoms with Crippen molar-refractivity contribution in [2.24, 2.45) is 0 Å². The van der Waals surface area contributed by atoms with Crippen LogP contribution in [0.5, 0.6) is 5.75 Å². The van der Waals surface area contributed by atoms with Crippen molar-refractivity contribution in [3.63, 3.8) is 0 Å². The first-order valence-electron chi connectivity index (χ1n) is 8.65. The second kappa shape index (κ2) is 10.9. The van der Waals surface area contributed by atoms with Crippen molar-refractivity contribution in [2.45, 2.75) is 26.2 Å². The SMILES string of the molecule is CCCCOc1ccc(Br)cc1C(=O)NC(=S)NCCc1ccccc1. The number of carbonyl (C=O) groups is 1. The lowest BCUT2D eigenvalue weighted by molar-refractivity contribution is 0.0972. The van der Waals surface area contributed by atoms with Gasteiger partial charge in [0, 0.05) is 11.0 Å². The Balaban J connectivity index is 1.89. The maximum atomic E-state index is 12.6. The molecule has 0 aromatic heterocycles. The Kier molecular flexibility index (Phi) is 8.58. The van der Waals surface area contributed by atoms with Gasteiger partial charge in [0.05, 0.1) is 12.2 Å². The number of unbranched alkanes of at least 4 members (excludes halogenated alkanes) is 1. The van der Waals surface area contributed by atoms with Gasteiger partial charge in [-0.3, -0.25) is 10.1 Å². The van der Waals surface area contributed by atoms with E-state index in [9.17, 15) is 4.79 Å². The van der Waals surface area contributed by atoms with Gasteiger partial charge in [0.2, 0.25) is 0 Å². The normalized spacial score (nSPS) is 10.2. The molecule has 0 saturated carbocycles. The minimum Gasteiger partial charge on any atom is -0.493 e. The summed E-state index contributed by atoms with van der Waals surface area (Å²) < 4.78 is 6.54. The summed E-state index contributed by atoms with van der Waals surface area (Å²) in [7, 11) is 0. The van der Waals surface area contributed by atoms with E-state index in [1.54, 1.807) is 12.1 Å². The van der Waals surface area contributed by atoms with Crippen molar-refractivity contribution in [3.8, 4) is 5.75 Å². The first-order valence-corrected chi connectivity index (χ1v) is 9.85. The van der Waals surface area contributed by atoms with Crippen LogP contribution >= 0.6 is 28.1 Å². The molecule has 26 heavy (non-hydrogen) atoms. The van der Waals surface area contributed by atoms with Gasteiger partial charge in [0.1, 0.15) is 5.75 Å². The number of halogens is 1. The minimum absolute atomic E-state index is 0.282. The topological polar surface area (TPSA) is 50.4 Å². The number of hydrogen-bond donors (Lipinski definition) is 2. The molecule has 0 atom stereocenters. The third-order valence-corrected chi connectivity index (χ3v) is 4.45. The lowest BCUT2D eigenvalue weighted by Gasteiger charge is -2.13. The van der Waals surface area contributed by atoms with Crippen molar-refractivity contribution in [2.75, 3.05) is 13.2 Å². The lowest BCUT2D eigenvalue weighted by Crippen LogP contribution is -2.40. The highest BCUT2D eigenvalue weighted by molar-refractivity contribution is 9.10. The van der Waals surface area contributed by atoms with Gasteiger partial charge in [0.25, 0.3) is 5.91 Å². The summed E-state index contributed by atoms with van der Waals surface area (Å²) in [5, 5.41) is 6.10. The van der Waals surface area contributed by atoms with Gasteiger partial charge in [-0.1, -0.05) is 59.6 Å². The van der Waals surface area contributed by atoms with Crippen LogP contribution < -0.4 is 15.4 Å². The van der Waals surface area contributed by atoms with Crippen LogP contribution in [-0.4, -0.2) is 24.2 Å². The molecular formula is C20H23BrN2O2S. The fraction of sp³-hybridized carbons (Fsp3) is 0.300. The minimum atomic E-state index is -0.282. The second-order valence-corrected chi connectivity index (χ2v) is 7.11. The molecule has 0 fully saturated rings. The third-order valence-electron chi connectivity index (χ3n) is 3.71. The number of ether oxygens (including phenoxy) is 1. The highest BCUT2D eigenvalue weighted by Crippen LogP contribution is 2.23. The molecule has 0 radical (unpaired) electrons. The molecule has 4 nitrogen and oxygen atoms in total. The largest absolute Gasteiger partial charge is 0.493 e. The summed E-state index contributed by atoms with van der Waals surface area (Å²) >= 11 is 8.63. The van der Waals surface area contributed by atoms with E-state index in [0.29, 0.717) is 29.6 Å². The van der Waals surface area contributed by atoms with E-state index < -0.39 is 0 Å². The van der Waals surface area contributed by atoms with Crippen LogP contribution in [-0.2, 0) is 6.42 Å². The average Bonchev–Trinajstić information content (AvgIpc) is 2.64. The number of amides is 1. The molecule has 2 aromatic carbocycles. The molecule has 0 unspecified atom stereocenters. The Labute approximate surface area is 168 Å². The second-order valence-electron chi connectivity index (χ2n) is 5.79. The lowest BCUT2D eigenvalue weighted by atomic mass is 10.1. The van der Waals surface area contributed by atoms with Crippen LogP contribution in [0, 0.1) is 0 Å². The van der Waals surface area contributed by atoms with E-state index in [1.165, 1.54) is 5.56 Å². The number of nitrogens with one attached hydrogen (secondary N) is 2. The van der Waals surface area contributed by atoms with Crippen molar-refractivity contribution in [1.29, 1.82) is 0 Å². The van der Waals surface area contributed by atoms with Gasteiger partial charge in [-0.25, -0.2) is 0 Å². The monoisotopic (exact) mass is 434 g/mol. The maximum absolute atomic E-state index is 12.6. The molecule has 6 heteroatoms. The summed E-state index contributed by atoms with van der Waals surface area (Å²) in [5.74, 6) is 0.279. The standard InChI is InChI=1S/C20H23BrN2O2S/c1-2-3-13-25-18-10-9-16(21)14-17(18)19(24)23-20(26)22-12-11-15-7-5-4-6-8-15/h4-10,14H,2-3,11-13H2,1H3,(H2,22,23,24,26). The zero-order valence-electron chi connectivity index (χ0n) is 14.8. The zero-order chi connectivity index (χ0) is 18.8. The van der Waals surface area contributed by atoms with Gasteiger partial charge in [-0.2, -0.15) is 0 Å². The first-order chi connectivity index (χ1) is 12.6. The van der Waals surface area contributed by atoms with Gasteiger partial charge in [-0.15, -0.1) is 0 Å². The fourth-order valence-corrected chi connectivity index (χ4v) is 2.87. The van der Waals surface area contributed by atoms with Gasteiger partial charge < -0.3 is 10.1 Å². The van der Waals surface area contributed by atoms with E-state index in [2.05, 4.69) is 45.6 Å². The number of rotatable bonds is 8. The maximum Gasteiger partial charge on any atom is 0.261 e. The predicted octanol–water partition coefficient (Wildman–Crippen LogP) is 4.48. The molecule has 2 N–H and O–H groups in total. The molecule has 0 aliphatic rings. The van der Waals surface area contributed by atoms with E-state index in [1.807, 2.05) is 24.3 Å². The molecule has 2 rings (SSSR count). The molecule has 0 heterocycles. The van der Waals surface area contributed by atoms with Crippen LogP contribution in [0.2, 0.25) is 0 Å². The Morgan fingerprint density at radius 3 is 2.69 bits per heavy atom. The van der Waals surface area contributed by atoms with E-state index in [4.69, 9.17) is 17.0 Å². The van der Waals surface area contributed by atoms with Crippen molar-refractivity contribution in [1.82, 2.24) is 10.6 Å². The van der Waals surface area contributed by atoms with Crippen LogP contribution in [0.25, 0.3) is 0 Å². The third kappa shape index (κ3) is 6.77. The van der Waals surface area contributed by atoms with Crippen LogP contribution in [0.4, 0.5) is 0 Å². The number of benzene rings is 2. The highest BCUT2D eigenvalue weighted by Gasteiger charge is 2.14. The van der Waals surface area contributed by atoms with E-state index >= 15 is 0 Å². The molecule has 0 aliphatic heterocycles. The van der Waals surface area contributed by atoms with Crippen LogP contribution in [0.3, 0.4) is 0 Å². The molecule has 2 aromatic rings. The van der Waals surface area contributed by atoms with Crippen molar-refractivity contribution >= 4 is 39.2 Å². The summed E-state index contributed by atoms with van der Waals surface area (Å²) in [4.78, 5) is 12.6. The molecule has 0 spiro atoms. The molecule has 0 saturated heterocycles. The van der Waals surface area contributed by atoms with Gasteiger partial charge in [0.15, 0.2) is 5.11 Å². The molecule has 0 aliphatic carbocycles. The number of thiocarbonyl (C=S) groups is 1. The molecular weight excluding hydrogens is 412 g/mol. The Hall–Kier alpha value is -1.92. The van der Waals surface area contributed by atoms with E-state index in [-0.39, 0.29) is 5.91 Å². The number of carbonyl (C=O) groups excluding carboxylic acids is 1.